The SMILES string of the molecule is Fc1c(F)c(F)c2c(c1F)C(F)(Cl)C(F)(F)C2(Cl)Cl. The van der Waals surface area contributed by atoms with Gasteiger partial charge < -0.3 is 0 Å². The molecule has 1 unspecified atom stereocenters. The van der Waals surface area contributed by atoms with Crippen LogP contribution >= 0.6 is 34.8 Å². The van der Waals surface area contributed by atoms with Gasteiger partial charge >= 0.3 is 5.92 Å². The summed E-state index contributed by atoms with van der Waals surface area (Å²) in [4.78, 5) is 0. The molecule has 0 bridgehead atoms. The highest BCUT2D eigenvalue weighted by Crippen LogP contribution is 2.67. The quantitative estimate of drug-likeness (QED) is 0.271. The van der Waals surface area contributed by atoms with Crippen molar-refractivity contribution in [3.8, 4) is 0 Å². The first-order valence-corrected chi connectivity index (χ1v) is 5.52. The fraction of sp³-hybridized carbons (Fsp3) is 0.333. The highest BCUT2D eigenvalue weighted by atomic mass is 35.5. The molecule has 1 aromatic carbocycles. The summed E-state index contributed by atoms with van der Waals surface area (Å²) in [6.45, 7) is 0. The van der Waals surface area contributed by atoms with Crippen molar-refractivity contribution in [2.24, 2.45) is 0 Å². The molecule has 0 heterocycles. The third-order valence-electron chi connectivity index (χ3n) is 2.68. The summed E-state index contributed by atoms with van der Waals surface area (Å²) in [7, 11) is 0. The van der Waals surface area contributed by atoms with E-state index in [1.807, 2.05) is 0 Å². The van der Waals surface area contributed by atoms with Gasteiger partial charge in [-0.15, -0.1) is 0 Å². The van der Waals surface area contributed by atoms with E-state index in [0.29, 0.717) is 0 Å². The van der Waals surface area contributed by atoms with Gasteiger partial charge in [0, 0.05) is 5.56 Å². The van der Waals surface area contributed by atoms with Crippen LogP contribution in [0.2, 0.25) is 0 Å². The lowest BCUT2D eigenvalue weighted by atomic mass is 10.1. The first-order valence-electron chi connectivity index (χ1n) is 4.39. The van der Waals surface area contributed by atoms with Crippen LogP contribution in [0.3, 0.4) is 0 Å². The molecule has 1 atom stereocenters. The van der Waals surface area contributed by atoms with E-state index >= 15 is 0 Å². The summed E-state index contributed by atoms with van der Waals surface area (Å²) >= 11 is 14.9. The van der Waals surface area contributed by atoms with Crippen LogP contribution < -0.4 is 0 Å². The minimum absolute atomic E-state index is 1.77. The molecule has 0 radical (unpaired) electrons. The number of halogens is 10. The average Bonchev–Trinajstić information content (AvgIpc) is 2.39. The smallest absolute Gasteiger partial charge is 0.214 e. The van der Waals surface area contributed by atoms with Crippen LogP contribution in [-0.4, -0.2) is 5.92 Å². The molecule has 0 spiro atoms. The molecule has 106 valence electrons. The molecule has 0 aromatic heterocycles. The van der Waals surface area contributed by atoms with Crippen molar-refractivity contribution in [2.45, 2.75) is 15.4 Å². The van der Waals surface area contributed by atoms with Crippen LogP contribution in [-0.2, 0) is 9.46 Å². The topological polar surface area (TPSA) is 0 Å². The second-order valence-electron chi connectivity index (χ2n) is 3.73. The van der Waals surface area contributed by atoms with Crippen molar-refractivity contribution in [1.29, 1.82) is 0 Å². The first kappa shape index (κ1) is 15.0. The van der Waals surface area contributed by atoms with Crippen LogP contribution in [0, 0.1) is 23.3 Å². The molecule has 1 aromatic rings. The minimum Gasteiger partial charge on any atom is -0.214 e. The molecule has 1 aliphatic carbocycles. The van der Waals surface area contributed by atoms with Crippen LogP contribution in [0.15, 0.2) is 0 Å². The minimum atomic E-state index is -4.92. The predicted molar refractivity (Wildman–Crippen MR) is 53.2 cm³/mol. The van der Waals surface area contributed by atoms with Gasteiger partial charge in [0.2, 0.25) is 4.33 Å². The molecule has 2 rings (SSSR count). The summed E-state index contributed by atoms with van der Waals surface area (Å²) in [6, 6.07) is 0. The van der Waals surface area contributed by atoms with Gasteiger partial charge in [-0.2, -0.15) is 8.78 Å². The molecule has 0 saturated carbocycles. The van der Waals surface area contributed by atoms with Gasteiger partial charge in [-0.25, -0.2) is 22.0 Å². The maximum atomic E-state index is 13.8. The zero-order valence-corrected chi connectivity index (χ0v) is 10.5. The van der Waals surface area contributed by atoms with Gasteiger partial charge in [-0.05, 0) is 0 Å². The molecule has 1 aliphatic rings. The number of hydrogen-bond acceptors (Lipinski definition) is 0. The fourth-order valence-electron chi connectivity index (χ4n) is 1.73. The van der Waals surface area contributed by atoms with E-state index in [2.05, 4.69) is 0 Å². The van der Waals surface area contributed by atoms with Crippen molar-refractivity contribution >= 4 is 34.8 Å². The predicted octanol–water partition coefficient (Wildman–Crippen LogP) is 4.88. The van der Waals surface area contributed by atoms with Gasteiger partial charge in [0.05, 0.1) is 5.56 Å². The Kier molecular flexibility index (Phi) is 3.02. The molecule has 0 N–H and O–H groups in total. The molecule has 0 nitrogen and oxygen atoms in total. The Bertz CT molecular complexity index is 533. The van der Waals surface area contributed by atoms with E-state index in [9.17, 15) is 30.7 Å². The van der Waals surface area contributed by atoms with E-state index in [4.69, 9.17) is 34.8 Å². The molecule has 19 heavy (non-hydrogen) atoms. The molecule has 0 fully saturated rings. The maximum Gasteiger partial charge on any atom is 0.336 e. The van der Waals surface area contributed by atoms with Crippen molar-refractivity contribution in [1.82, 2.24) is 0 Å². The average molecular weight is 347 g/mol. The Labute approximate surface area is 116 Å². The lowest BCUT2D eigenvalue weighted by Gasteiger charge is -2.27. The second kappa shape index (κ2) is 3.83. The van der Waals surface area contributed by atoms with Crippen molar-refractivity contribution < 1.29 is 30.7 Å². The van der Waals surface area contributed by atoms with Crippen molar-refractivity contribution in [3.63, 3.8) is 0 Å². The Hall–Kier alpha value is -0.400. The molecule has 0 saturated heterocycles. The van der Waals surface area contributed by atoms with E-state index < -0.39 is 49.8 Å². The Balaban J connectivity index is 3.02. The monoisotopic (exact) mass is 346 g/mol. The van der Waals surface area contributed by atoms with E-state index in [1.54, 1.807) is 0 Å². The van der Waals surface area contributed by atoms with Crippen molar-refractivity contribution in [2.75, 3.05) is 0 Å². The van der Waals surface area contributed by atoms with Gasteiger partial charge in [-0.3, -0.25) is 0 Å². The highest BCUT2D eigenvalue weighted by Gasteiger charge is 2.76. The number of hydrogen-bond donors (Lipinski definition) is 0. The summed E-state index contributed by atoms with van der Waals surface area (Å²) in [6.07, 6.45) is 0. The van der Waals surface area contributed by atoms with Gasteiger partial charge in [0.15, 0.2) is 23.3 Å². The van der Waals surface area contributed by atoms with Crippen LogP contribution in [0.4, 0.5) is 30.7 Å². The highest BCUT2D eigenvalue weighted by molar-refractivity contribution is 6.50. The number of rotatable bonds is 0. The molecule has 10 heteroatoms. The maximum absolute atomic E-state index is 13.8. The van der Waals surface area contributed by atoms with E-state index in [1.165, 1.54) is 0 Å². The third kappa shape index (κ3) is 1.49. The zero-order valence-electron chi connectivity index (χ0n) is 8.28. The second-order valence-corrected chi connectivity index (χ2v) is 5.58. The van der Waals surface area contributed by atoms with Crippen LogP contribution in [0.1, 0.15) is 11.1 Å². The first-order chi connectivity index (χ1) is 8.39. The van der Waals surface area contributed by atoms with E-state index in [-0.39, 0.29) is 0 Å². The van der Waals surface area contributed by atoms with Gasteiger partial charge in [0.1, 0.15) is 0 Å². The molecule has 0 aliphatic heterocycles. The largest absolute Gasteiger partial charge is 0.336 e. The summed E-state index contributed by atoms with van der Waals surface area (Å²) in [5, 5.41) is -4.43. The lowest BCUT2D eigenvalue weighted by molar-refractivity contribution is -0.0990. The number of fused-ring (bicyclic) bond motifs is 1. The third-order valence-corrected chi connectivity index (χ3v) is 3.96. The van der Waals surface area contributed by atoms with Crippen LogP contribution in [0.25, 0.3) is 0 Å². The Morgan fingerprint density at radius 3 is 1.42 bits per heavy atom. The van der Waals surface area contributed by atoms with Gasteiger partial charge in [0.25, 0.3) is 5.13 Å². The number of benzene rings is 1. The van der Waals surface area contributed by atoms with Crippen molar-refractivity contribution in [3.05, 3.63) is 34.4 Å². The summed E-state index contributed by atoms with van der Waals surface area (Å²) in [5.74, 6) is -14.6. The fourth-order valence-corrected chi connectivity index (χ4v) is 2.76. The number of alkyl halides is 6. The zero-order chi connectivity index (χ0) is 15.0. The molecular weight excluding hydrogens is 347 g/mol. The lowest BCUT2D eigenvalue weighted by Crippen LogP contribution is -2.42. The van der Waals surface area contributed by atoms with Crippen LogP contribution in [0.5, 0.6) is 0 Å². The molecular formula is C9Cl3F7. The summed E-state index contributed by atoms with van der Waals surface area (Å²) in [5.41, 5.74) is -3.73. The molecule has 0 amide bonds. The van der Waals surface area contributed by atoms with E-state index in [0.717, 1.165) is 0 Å². The Morgan fingerprint density at radius 1 is 0.632 bits per heavy atom. The Morgan fingerprint density at radius 2 is 1.00 bits per heavy atom. The standard InChI is InChI=1S/C9Cl3F7/c10-7(11)1-2(8(12,17)9(7,18)19)4(14)6(16)5(15)3(1)13. The summed E-state index contributed by atoms with van der Waals surface area (Å²) < 4.78 is 89.9. The van der Waals surface area contributed by atoms with Gasteiger partial charge in [-0.1, -0.05) is 34.8 Å². The normalized spacial score (nSPS) is 27.5.